The van der Waals surface area contributed by atoms with E-state index in [2.05, 4.69) is 12.1 Å². The summed E-state index contributed by atoms with van der Waals surface area (Å²) in [5.74, 6) is 0. The van der Waals surface area contributed by atoms with Gasteiger partial charge in [0.15, 0.2) is 0 Å². The molecule has 200 valence electrons. The summed E-state index contributed by atoms with van der Waals surface area (Å²) in [7, 11) is 0. The molecule has 5 N–H and O–H groups in total. The maximum absolute atomic E-state index is 14.5. The van der Waals surface area contributed by atoms with E-state index in [1.807, 2.05) is 107 Å². The van der Waals surface area contributed by atoms with Gasteiger partial charge in [-0.25, -0.2) is 4.79 Å². The van der Waals surface area contributed by atoms with E-state index in [9.17, 15) is 9.90 Å². The van der Waals surface area contributed by atoms with Gasteiger partial charge in [-0.15, -0.1) is 0 Å². The van der Waals surface area contributed by atoms with Crippen molar-refractivity contribution in [2.24, 2.45) is 0 Å². The molecule has 1 aliphatic heterocycles. The number of nitrogens with zero attached hydrogens (tertiary/aromatic N) is 2. The third-order valence-electron chi connectivity index (χ3n) is 7.50. The zero-order valence-corrected chi connectivity index (χ0v) is 22.1. The number of nitrogens with two attached hydrogens (primary N) is 2. The fraction of sp³-hybridized carbons (Fsp3) is 0.242. The lowest BCUT2D eigenvalue weighted by Crippen LogP contribution is -2.50. The first-order valence-corrected chi connectivity index (χ1v) is 13.5. The largest absolute Gasteiger partial charge is 0.399 e. The molecular formula is C33H36N4O2. The quantitative estimate of drug-likeness (QED) is 0.276. The number of anilines is 2. The molecule has 1 fully saturated rings. The highest BCUT2D eigenvalue weighted by Crippen LogP contribution is 2.30. The summed E-state index contributed by atoms with van der Waals surface area (Å²) < 4.78 is 0. The third-order valence-corrected chi connectivity index (χ3v) is 7.50. The maximum atomic E-state index is 14.5. The van der Waals surface area contributed by atoms with Crippen molar-refractivity contribution in [3.05, 3.63) is 131 Å². The van der Waals surface area contributed by atoms with Gasteiger partial charge in [0.05, 0.1) is 12.1 Å². The standard InChI is InChI=1S/C33H36N4O2/c34-28-15-7-13-26(17-28)22-36-30(19-24-9-3-1-4-10-24)21-32(38)31(20-25-11-5-2-6-12-25)37(33(36)39)23-27-14-8-16-29(35)18-27/h1-18,30-32,38H,19-23,34-35H2/t30-,31-,32-/m1/s1. The fourth-order valence-corrected chi connectivity index (χ4v) is 5.57. The van der Waals surface area contributed by atoms with Gasteiger partial charge in [-0.1, -0.05) is 84.9 Å². The number of carbonyl (C=O) groups excluding carboxylic acids is 1. The average Bonchev–Trinajstić information content (AvgIpc) is 3.01. The monoisotopic (exact) mass is 520 g/mol. The SMILES string of the molecule is Nc1cccc(CN2C(=O)N(Cc3cccc(N)c3)[C@H](Cc3ccccc3)[C@H](O)C[C@H]2Cc2ccccc2)c1. The molecule has 1 heterocycles. The second kappa shape index (κ2) is 12.0. The second-order valence-electron chi connectivity index (χ2n) is 10.4. The van der Waals surface area contributed by atoms with Crippen LogP contribution in [0, 0.1) is 0 Å². The summed E-state index contributed by atoms with van der Waals surface area (Å²) in [4.78, 5) is 18.3. The molecule has 0 unspecified atom stereocenters. The number of benzene rings is 4. The van der Waals surface area contributed by atoms with Crippen molar-refractivity contribution in [1.29, 1.82) is 0 Å². The zero-order valence-electron chi connectivity index (χ0n) is 22.1. The molecule has 4 aromatic carbocycles. The van der Waals surface area contributed by atoms with E-state index in [1.165, 1.54) is 0 Å². The van der Waals surface area contributed by atoms with Crippen molar-refractivity contribution in [1.82, 2.24) is 9.80 Å². The molecule has 0 aromatic heterocycles. The van der Waals surface area contributed by atoms with Gasteiger partial charge in [0.25, 0.3) is 0 Å². The molecule has 4 aromatic rings. The Labute approximate surface area is 230 Å². The normalized spacial score (nSPS) is 19.6. The Bertz CT molecular complexity index is 1380. The molecular weight excluding hydrogens is 484 g/mol. The Balaban J connectivity index is 1.55. The zero-order chi connectivity index (χ0) is 27.2. The van der Waals surface area contributed by atoms with Crippen LogP contribution in [0.25, 0.3) is 0 Å². The number of hydrogen-bond acceptors (Lipinski definition) is 4. The van der Waals surface area contributed by atoms with Crippen molar-refractivity contribution < 1.29 is 9.90 Å². The molecule has 39 heavy (non-hydrogen) atoms. The predicted octanol–water partition coefficient (Wildman–Crippen LogP) is 5.26. The molecule has 1 aliphatic rings. The summed E-state index contributed by atoms with van der Waals surface area (Å²) in [5.41, 5.74) is 17.6. The number of aliphatic hydroxyl groups excluding tert-OH is 1. The second-order valence-corrected chi connectivity index (χ2v) is 10.4. The summed E-state index contributed by atoms with van der Waals surface area (Å²) in [6.07, 6.45) is 0.958. The van der Waals surface area contributed by atoms with Gasteiger partial charge < -0.3 is 26.4 Å². The van der Waals surface area contributed by atoms with Crippen molar-refractivity contribution in [3.63, 3.8) is 0 Å². The lowest BCUT2D eigenvalue weighted by atomic mass is 9.93. The lowest BCUT2D eigenvalue weighted by molar-refractivity contribution is 0.0661. The van der Waals surface area contributed by atoms with E-state index in [1.54, 1.807) is 0 Å². The Kier molecular flexibility index (Phi) is 8.13. The molecule has 0 aliphatic carbocycles. The van der Waals surface area contributed by atoms with E-state index in [0.717, 1.165) is 22.3 Å². The van der Waals surface area contributed by atoms with Crippen molar-refractivity contribution >= 4 is 17.4 Å². The highest BCUT2D eigenvalue weighted by Gasteiger charge is 2.41. The van der Waals surface area contributed by atoms with Gasteiger partial charge in [0.2, 0.25) is 0 Å². The predicted molar refractivity (Wildman–Crippen MR) is 157 cm³/mol. The van der Waals surface area contributed by atoms with Crippen molar-refractivity contribution in [2.75, 3.05) is 11.5 Å². The van der Waals surface area contributed by atoms with Crippen LogP contribution in [0.15, 0.2) is 109 Å². The molecule has 3 atom stereocenters. The summed E-state index contributed by atoms with van der Waals surface area (Å²) in [5, 5.41) is 11.7. The van der Waals surface area contributed by atoms with Gasteiger partial charge in [-0.2, -0.15) is 0 Å². The number of aliphatic hydroxyl groups is 1. The summed E-state index contributed by atoms with van der Waals surface area (Å²) in [6.45, 7) is 0.753. The highest BCUT2D eigenvalue weighted by atomic mass is 16.3. The smallest absolute Gasteiger partial charge is 0.321 e. The topological polar surface area (TPSA) is 95.8 Å². The Morgan fingerprint density at radius 3 is 1.67 bits per heavy atom. The molecule has 6 nitrogen and oxygen atoms in total. The highest BCUT2D eigenvalue weighted by molar-refractivity contribution is 5.76. The van der Waals surface area contributed by atoms with Gasteiger partial charge in [0, 0.05) is 30.5 Å². The van der Waals surface area contributed by atoms with Gasteiger partial charge >= 0.3 is 6.03 Å². The number of urea groups is 1. The van der Waals surface area contributed by atoms with Crippen LogP contribution in [0.5, 0.6) is 0 Å². The number of rotatable bonds is 8. The molecule has 0 spiro atoms. The minimum absolute atomic E-state index is 0.0988. The van der Waals surface area contributed by atoms with Crippen LogP contribution in [0.3, 0.4) is 0 Å². The fourth-order valence-electron chi connectivity index (χ4n) is 5.57. The van der Waals surface area contributed by atoms with E-state index >= 15 is 0 Å². The van der Waals surface area contributed by atoms with Crippen LogP contribution in [-0.2, 0) is 25.9 Å². The molecule has 2 amide bonds. The number of nitrogen functional groups attached to an aromatic ring is 2. The van der Waals surface area contributed by atoms with Gasteiger partial charge in [0.1, 0.15) is 0 Å². The number of carbonyl (C=O) groups is 1. The first-order valence-electron chi connectivity index (χ1n) is 13.5. The molecule has 0 saturated carbocycles. The Morgan fingerprint density at radius 1 is 0.641 bits per heavy atom. The van der Waals surface area contributed by atoms with E-state index in [-0.39, 0.29) is 12.1 Å². The summed E-state index contributed by atoms with van der Waals surface area (Å²) in [6, 6.07) is 34.8. The van der Waals surface area contributed by atoms with E-state index in [4.69, 9.17) is 11.5 Å². The minimum Gasteiger partial charge on any atom is -0.399 e. The third kappa shape index (κ3) is 6.59. The van der Waals surface area contributed by atoms with Crippen LogP contribution >= 0.6 is 0 Å². The Hall–Kier alpha value is -4.29. The minimum atomic E-state index is -0.713. The molecule has 0 bridgehead atoms. The van der Waals surface area contributed by atoms with Gasteiger partial charge in [-0.05, 0) is 65.8 Å². The van der Waals surface area contributed by atoms with Crippen molar-refractivity contribution in [2.45, 2.75) is 50.5 Å². The van der Waals surface area contributed by atoms with Gasteiger partial charge in [-0.3, -0.25) is 0 Å². The Morgan fingerprint density at radius 2 is 1.13 bits per heavy atom. The molecule has 1 saturated heterocycles. The molecule has 6 heteroatoms. The average molecular weight is 521 g/mol. The van der Waals surface area contributed by atoms with Crippen LogP contribution in [0.4, 0.5) is 16.2 Å². The number of hydrogen-bond donors (Lipinski definition) is 3. The van der Waals surface area contributed by atoms with E-state index < -0.39 is 12.1 Å². The van der Waals surface area contributed by atoms with Crippen LogP contribution in [0.1, 0.15) is 28.7 Å². The summed E-state index contributed by atoms with van der Waals surface area (Å²) >= 11 is 0. The lowest BCUT2D eigenvalue weighted by Gasteiger charge is -2.36. The molecule has 5 rings (SSSR count). The van der Waals surface area contributed by atoms with Crippen molar-refractivity contribution in [3.8, 4) is 0 Å². The van der Waals surface area contributed by atoms with Crippen LogP contribution in [0.2, 0.25) is 0 Å². The van der Waals surface area contributed by atoms with Crippen LogP contribution < -0.4 is 11.5 Å². The first-order chi connectivity index (χ1) is 19.0. The first kappa shape index (κ1) is 26.3. The van der Waals surface area contributed by atoms with E-state index in [0.29, 0.717) is 43.7 Å². The molecule has 0 radical (unpaired) electrons. The number of amides is 2. The maximum Gasteiger partial charge on any atom is 0.321 e. The van der Waals surface area contributed by atoms with Crippen LogP contribution in [-0.4, -0.2) is 39.1 Å².